The molecule has 4 heterocycles. The van der Waals surface area contributed by atoms with Gasteiger partial charge >= 0.3 is 0 Å². The Hall–Kier alpha value is -3.32. The lowest BCUT2D eigenvalue weighted by atomic mass is 10.1. The standard InChI is InChI=1S/C23H24N6O/c1-15(2)29-20-9-4-3-7-17(20)25-21(29)14-28-12-10-16-19(13-28)26-22(27-23(16)30)18-8-5-6-11-24-18/h3-9,11,15H,10,12-14H2,1-2H3,(H,26,27,30). The van der Waals surface area contributed by atoms with Crippen LogP contribution in [0.5, 0.6) is 0 Å². The molecule has 0 saturated heterocycles. The van der Waals surface area contributed by atoms with Gasteiger partial charge in [0.1, 0.15) is 11.5 Å². The van der Waals surface area contributed by atoms with E-state index in [9.17, 15) is 4.79 Å². The van der Waals surface area contributed by atoms with Crippen molar-refractivity contribution in [2.45, 2.75) is 39.4 Å². The maximum atomic E-state index is 12.6. The third kappa shape index (κ3) is 3.31. The largest absolute Gasteiger partial charge is 0.324 e. The molecule has 0 unspecified atom stereocenters. The first-order chi connectivity index (χ1) is 14.6. The Labute approximate surface area is 174 Å². The Morgan fingerprint density at radius 2 is 1.93 bits per heavy atom. The van der Waals surface area contributed by atoms with Gasteiger partial charge in [-0.3, -0.25) is 14.7 Å². The minimum atomic E-state index is -0.0604. The number of nitrogens with one attached hydrogen (secondary N) is 1. The van der Waals surface area contributed by atoms with Crippen LogP contribution in [0, 0.1) is 0 Å². The van der Waals surface area contributed by atoms with Crippen molar-refractivity contribution >= 4 is 11.0 Å². The number of benzene rings is 1. The summed E-state index contributed by atoms with van der Waals surface area (Å²) in [4.78, 5) is 31.8. The van der Waals surface area contributed by atoms with Gasteiger partial charge in [0, 0.05) is 30.9 Å². The Balaban J connectivity index is 1.47. The zero-order valence-electron chi connectivity index (χ0n) is 17.2. The SMILES string of the molecule is CC(C)n1c(CN2CCc3c(nc(-c4ccccn4)[nH]c3=O)C2)nc2ccccc21. The van der Waals surface area contributed by atoms with Crippen LogP contribution in [-0.2, 0) is 19.5 Å². The van der Waals surface area contributed by atoms with Gasteiger partial charge in [-0.05, 0) is 44.5 Å². The fraction of sp³-hybridized carbons (Fsp3) is 0.304. The van der Waals surface area contributed by atoms with E-state index in [-0.39, 0.29) is 5.56 Å². The molecule has 0 amide bonds. The molecule has 0 atom stereocenters. The lowest BCUT2D eigenvalue weighted by Crippen LogP contribution is -2.35. The summed E-state index contributed by atoms with van der Waals surface area (Å²) in [5, 5.41) is 0. The molecule has 0 bridgehead atoms. The van der Waals surface area contributed by atoms with Crippen LogP contribution in [-0.4, -0.2) is 35.9 Å². The van der Waals surface area contributed by atoms with Crippen LogP contribution >= 0.6 is 0 Å². The first kappa shape index (κ1) is 18.7. The van der Waals surface area contributed by atoms with Crippen molar-refractivity contribution in [2.24, 2.45) is 0 Å². The topological polar surface area (TPSA) is 79.7 Å². The molecule has 0 radical (unpaired) electrons. The number of hydrogen-bond donors (Lipinski definition) is 1. The molecule has 30 heavy (non-hydrogen) atoms. The van der Waals surface area contributed by atoms with E-state index in [2.05, 4.69) is 51.5 Å². The quantitative estimate of drug-likeness (QED) is 0.568. The number of para-hydroxylation sites is 2. The predicted molar refractivity (Wildman–Crippen MR) is 116 cm³/mol. The molecular formula is C23H24N6O. The molecule has 0 fully saturated rings. The highest BCUT2D eigenvalue weighted by Gasteiger charge is 2.24. The molecule has 152 valence electrons. The molecule has 1 N–H and O–H groups in total. The third-order valence-electron chi connectivity index (χ3n) is 5.61. The van der Waals surface area contributed by atoms with Crippen LogP contribution in [0.2, 0.25) is 0 Å². The van der Waals surface area contributed by atoms with Gasteiger partial charge in [-0.15, -0.1) is 0 Å². The molecule has 1 aliphatic heterocycles. The van der Waals surface area contributed by atoms with Gasteiger partial charge in [0.2, 0.25) is 0 Å². The molecule has 4 aromatic rings. The normalized spacial score (nSPS) is 14.4. The zero-order chi connectivity index (χ0) is 20.7. The Morgan fingerprint density at radius 1 is 1.10 bits per heavy atom. The highest BCUT2D eigenvalue weighted by molar-refractivity contribution is 5.76. The number of aromatic nitrogens is 5. The van der Waals surface area contributed by atoms with E-state index in [1.165, 1.54) is 0 Å². The second-order valence-electron chi connectivity index (χ2n) is 8.00. The van der Waals surface area contributed by atoms with Crippen LogP contribution < -0.4 is 5.56 Å². The van der Waals surface area contributed by atoms with Crippen LogP contribution in [0.1, 0.15) is 37.0 Å². The Morgan fingerprint density at radius 3 is 2.73 bits per heavy atom. The first-order valence-electron chi connectivity index (χ1n) is 10.3. The minimum absolute atomic E-state index is 0.0604. The van der Waals surface area contributed by atoms with E-state index in [1.807, 2.05) is 24.3 Å². The van der Waals surface area contributed by atoms with Crippen molar-refractivity contribution in [3.63, 3.8) is 0 Å². The molecule has 0 saturated carbocycles. The molecule has 7 heteroatoms. The van der Waals surface area contributed by atoms with E-state index >= 15 is 0 Å². The summed E-state index contributed by atoms with van der Waals surface area (Å²) in [6, 6.07) is 14.2. The maximum Gasteiger partial charge on any atom is 0.254 e. The fourth-order valence-electron chi connectivity index (χ4n) is 4.24. The number of aromatic amines is 1. The van der Waals surface area contributed by atoms with Crippen molar-refractivity contribution in [3.05, 3.63) is 76.1 Å². The molecule has 1 aliphatic rings. The fourth-order valence-corrected chi connectivity index (χ4v) is 4.24. The monoisotopic (exact) mass is 400 g/mol. The number of nitrogens with zero attached hydrogens (tertiary/aromatic N) is 5. The van der Waals surface area contributed by atoms with Crippen molar-refractivity contribution in [3.8, 4) is 11.5 Å². The van der Waals surface area contributed by atoms with Crippen LogP contribution in [0.15, 0.2) is 53.5 Å². The van der Waals surface area contributed by atoms with Gasteiger partial charge in [-0.25, -0.2) is 9.97 Å². The summed E-state index contributed by atoms with van der Waals surface area (Å²) in [5.74, 6) is 1.57. The summed E-state index contributed by atoms with van der Waals surface area (Å²) >= 11 is 0. The number of rotatable bonds is 4. The van der Waals surface area contributed by atoms with E-state index in [0.717, 1.165) is 41.2 Å². The lowest BCUT2D eigenvalue weighted by Gasteiger charge is -2.28. The Kier molecular flexibility index (Phi) is 4.67. The summed E-state index contributed by atoms with van der Waals surface area (Å²) in [6.07, 6.45) is 2.39. The van der Waals surface area contributed by atoms with Gasteiger partial charge < -0.3 is 9.55 Å². The molecule has 1 aromatic carbocycles. The molecule has 7 nitrogen and oxygen atoms in total. The van der Waals surface area contributed by atoms with Gasteiger partial charge in [-0.2, -0.15) is 0 Å². The van der Waals surface area contributed by atoms with Gasteiger partial charge in [0.25, 0.3) is 5.56 Å². The van der Waals surface area contributed by atoms with Crippen LogP contribution in [0.3, 0.4) is 0 Å². The van der Waals surface area contributed by atoms with Gasteiger partial charge in [0.15, 0.2) is 5.82 Å². The average Bonchev–Trinajstić information content (AvgIpc) is 3.12. The van der Waals surface area contributed by atoms with Gasteiger partial charge in [-0.1, -0.05) is 18.2 Å². The third-order valence-corrected chi connectivity index (χ3v) is 5.61. The first-order valence-corrected chi connectivity index (χ1v) is 10.3. The second-order valence-corrected chi connectivity index (χ2v) is 8.00. The summed E-state index contributed by atoms with van der Waals surface area (Å²) in [6.45, 7) is 6.52. The Bertz CT molecular complexity index is 1260. The van der Waals surface area contributed by atoms with Crippen molar-refractivity contribution < 1.29 is 0 Å². The average molecular weight is 400 g/mol. The highest BCUT2D eigenvalue weighted by atomic mass is 16.1. The maximum absolute atomic E-state index is 12.6. The van der Waals surface area contributed by atoms with Crippen molar-refractivity contribution in [1.29, 1.82) is 0 Å². The number of pyridine rings is 1. The zero-order valence-corrected chi connectivity index (χ0v) is 17.2. The predicted octanol–water partition coefficient (Wildman–Crippen LogP) is 3.32. The molecule has 5 rings (SSSR count). The van der Waals surface area contributed by atoms with E-state index in [4.69, 9.17) is 9.97 Å². The second kappa shape index (κ2) is 7.50. The van der Waals surface area contributed by atoms with Crippen LogP contribution in [0.25, 0.3) is 22.6 Å². The number of imidazole rings is 1. The number of fused-ring (bicyclic) bond motifs is 2. The van der Waals surface area contributed by atoms with E-state index in [0.29, 0.717) is 30.5 Å². The van der Waals surface area contributed by atoms with E-state index < -0.39 is 0 Å². The summed E-state index contributed by atoms with van der Waals surface area (Å²) in [5.41, 5.74) is 4.41. The van der Waals surface area contributed by atoms with Crippen molar-refractivity contribution in [2.75, 3.05) is 6.54 Å². The summed E-state index contributed by atoms with van der Waals surface area (Å²) < 4.78 is 2.30. The molecule has 3 aromatic heterocycles. The van der Waals surface area contributed by atoms with E-state index in [1.54, 1.807) is 6.20 Å². The smallest absolute Gasteiger partial charge is 0.254 e. The number of hydrogen-bond acceptors (Lipinski definition) is 5. The highest BCUT2D eigenvalue weighted by Crippen LogP contribution is 2.24. The molecular weight excluding hydrogens is 376 g/mol. The summed E-state index contributed by atoms with van der Waals surface area (Å²) in [7, 11) is 0. The van der Waals surface area contributed by atoms with Gasteiger partial charge in [0.05, 0.1) is 23.3 Å². The lowest BCUT2D eigenvalue weighted by molar-refractivity contribution is 0.230. The molecule has 0 spiro atoms. The minimum Gasteiger partial charge on any atom is -0.324 e. The van der Waals surface area contributed by atoms with Crippen LogP contribution in [0.4, 0.5) is 0 Å². The number of H-pyrrole nitrogens is 1. The molecule has 0 aliphatic carbocycles. The van der Waals surface area contributed by atoms with Crippen molar-refractivity contribution in [1.82, 2.24) is 29.4 Å².